The van der Waals surface area contributed by atoms with Crippen LogP contribution in [0.4, 0.5) is 27.8 Å². The summed E-state index contributed by atoms with van der Waals surface area (Å²) in [5.41, 5.74) is 1.14. The fourth-order valence-corrected chi connectivity index (χ4v) is 7.73. The zero-order chi connectivity index (χ0) is 35.8. The average Bonchev–Trinajstić information content (AvgIpc) is 3.79. The second kappa shape index (κ2) is 12.0. The summed E-state index contributed by atoms with van der Waals surface area (Å²) < 4.78 is 90.9. The van der Waals surface area contributed by atoms with Crippen molar-refractivity contribution in [2.24, 2.45) is 5.92 Å². The van der Waals surface area contributed by atoms with E-state index in [1.807, 2.05) is 0 Å². The largest absolute Gasteiger partial charge is 0.480 e. The van der Waals surface area contributed by atoms with Crippen molar-refractivity contribution in [3.63, 3.8) is 0 Å². The minimum absolute atomic E-state index is 0.00578. The molecule has 268 valence electrons. The number of anilines is 1. The summed E-state index contributed by atoms with van der Waals surface area (Å²) in [5.74, 6) is -12.1. The number of aromatic nitrogens is 4. The molecule has 4 aliphatic rings. The van der Waals surface area contributed by atoms with Gasteiger partial charge in [-0.25, -0.2) is 19.2 Å². The molecule has 0 aliphatic carbocycles. The van der Waals surface area contributed by atoms with Gasteiger partial charge in [0.05, 0.1) is 17.6 Å². The van der Waals surface area contributed by atoms with Crippen LogP contribution in [0.1, 0.15) is 57.3 Å². The molecule has 2 fully saturated rings. The van der Waals surface area contributed by atoms with Crippen LogP contribution >= 0.6 is 0 Å². The first kappa shape index (κ1) is 33.1. The summed E-state index contributed by atoms with van der Waals surface area (Å²) in [4.78, 5) is 41.2. The lowest BCUT2D eigenvalue weighted by atomic mass is 9.92. The number of piperidine rings is 1. The minimum Gasteiger partial charge on any atom is -0.480 e. The molecule has 51 heavy (non-hydrogen) atoms. The van der Waals surface area contributed by atoms with Crippen molar-refractivity contribution in [1.29, 1.82) is 0 Å². The van der Waals surface area contributed by atoms with Gasteiger partial charge in [-0.05, 0) is 49.4 Å². The van der Waals surface area contributed by atoms with Crippen LogP contribution in [-0.2, 0) is 15.5 Å². The maximum Gasteiger partial charge on any atom is 0.326 e. The monoisotopic (exact) mass is 712 g/mol. The van der Waals surface area contributed by atoms with Gasteiger partial charge in [-0.15, -0.1) is 0 Å². The lowest BCUT2D eigenvalue weighted by Gasteiger charge is -2.39. The summed E-state index contributed by atoms with van der Waals surface area (Å²) >= 11 is 0. The molecule has 0 saturated carbocycles. The number of alkyl halides is 4. The van der Waals surface area contributed by atoms with E-state index < -0.39 is 66.4 Å². The SMILES string of the molecule is C[C@H]1CN2CC[C@@H]1n1c(nc3cc(F)ccc31)O[C@H]1C[C@@H](C(=O)O)N(C1)c1nc(nc3c1oc1ccccc13)C(F)(F)CCCCC(F)(F)C2=O. The van der Waals surface area contributed by atoms with E-state index in [-0.39, 0.29) is 79.7 Å². The number of halogens is 5. The Labute approximate surface area is 287 Å². The molecule has 9 rings (SSSR count). The van der Waals surface area contributed by atoms with Crippen LogP contribution in [0.15, 0.2) is 46.9 Å². The molecule has 4 aliphatic heterocycles. The van der Waals surface area contributed by atoms with E-state index >= 15 is 17.6 Å². The second-order valence-electron chi connectivity index (χ2n) is 13.7. The summed E-state index contributed by atoms with van der Waals surface area (Å²) in [6, 6.07) is 9.01. The number of hydrogen-bond acceptors (Lipinski definition) is 8. The third kappa shape index (κ3) is 5.68. The lowest BCUT2D eigenvalue weighted by molar-refractivity contribution is -0.161. The highest BCUT2D eigenvalue weighted by Gasteiger charge is 2.46. The van der Waals surface area contributed by atoms with Crippen molar-refractivity contribution in [2.45, 2.75) is 75.5 Å². The normalized spacial score (nSPS) is 25.3. The quantitative estimate of drug-likeness (QED) is 0.189. The van der Waals surface area contributed by atoms with Gasteiger partial charge in [0.25, 0.3) is 11.9 Å². The van der Waals surface area contributed by atoms with Gasteiger partial charge in [0, 0.05) is 49.8 Å². The lowest BCUT2D eigenvalue weighted by Crippen LogP contribution is -2.50. The van der Waals surface area contributed by atoms with Crippen molar-refractivity contribution < 1.29 is 45.8 Å². The number of nitrogens with zero attached hydrogens (tertiary/aromatic N) is 6. The van der Waals surface area contributed by atoms with Gasteiger partial charge in [-0.2, -0.15) is 22.5 Å². The number of ether oxygens (including phenoxy) is 1. The van der Waals surface area contributed by atoms with Gasteiger partial charge in [-0.1, -0.05) is 19.1 Å². The van der Waals surface area contributed by atoms with Crippen LogP contribution in [0.25, 0.3) is 33.1 Å². The fourth-order valence-electron chi connectivity index (χ4n) is 7.73. The number of furan rings is 1. The zero-order valence-corrected chi connectivity index (χ0v) is 27.4. The summed E-state index contributed by atoms with van der Waals surface area (Å²) in [6.07, 6.45) is -3.22. The Morgan fingerprint density at radius 2 is 1.76 bits per heavy atom. The van der Waals surface area contributed by atoms with Gasteiger partial charge in [-0.3, -0.25) is 9.36 Å². The van der Waals surface area contributed by atoms with Crippen molar-refractivity contribution in [3.05, 3.63) is 54.1 Å². The van der Waals surface area contributed by atoms with E-state index in [4.69, 9.17) is 9.15 Å². The summed E-state index contributed by atoms with van der Waals surface area (Å²) in [6.45, 7) is 1.66. The molecule has 11 nitrogen and oxygen atoms in total. The minimum atomic E-state index is -3.77. The van der Waals surface area contributed by atoms with Crippen molar-refractivity contribution >= 4 is 50.8 Å². The van der Waals surface area contributed by atoms with Crippen LogP contribution in [-0.4, -0.2) is 79.1 Å². The summed E-state index contributed by atoms with van der Waals surface area (Å²) in [7, 11) is 0. The predicted molar refractivity (Wildman–Crippen MR) is 174 cm³/mol. The molecule has 1 amide bonds. The molecule has 4 atom stereocenters. The molecule has 5 aromatic rings. The Morgan fingerprint density at radius 3 is 2.53 bits per heavy atom. The van der Waals surface area contributed by atoms with Crippen molar-refractivity contribution in [2.75, 3.05) is 24.5 Å². The molecule has 3 aromatic heterocycles. The highest BCUT2D eigenvalue weighted by Crippen LogP contribution is 2.42. The maximum absolute atomic E-state index is 15.9. The van der Waals surface area contributed by atoms with Crippen molar-refractivity contribution in [1.82, 2.24) is 24.4 Å². The smallest absolute Gasteiger partial charge is 0.326 e. The van der Waals surface area contributed by atoms with E-state index in [9.17, 15) is 19.1 Å². The zero-order valence-electron chi connectivity index (χ0n) is 27.4. The molecule has 0 spiro atoms. The highest BCUT2D eigenvalue weighted by molar-refractivity contribution is 6.06. The molecule has 6 bridgehead atoms. The van der Waals surface area contributed by atoms with E-state index in [0.29, 0.717) is 16.5 Å². The molecule has 2 aromatic carbocycles. The molecule has 16 heteroatoms. The number of aliphatic carboxylic acids is 1. The average molecular weight is 713 g/mol. The van der Waals surface area contributed by atoms with E-state index in [1.54, 1.807) is 35.8 Å². The first-order valence-corrected chi connectivity index (χ1v) is 16.9. The molecular formula is C35H33F5N6O5. The maximum atomic E-state index is 15.9. The highest BCUT2D eigenvalue weighted by atomic mass is 19.3. The Hall–Kier alpha value is -5.02. The van der Waals surface area contributed by atoms with E-state index in [1.165, 1.54) is 23.1 Å². The number of hydrogen-bond donors (Lipinski definition) is 1. The standard InChI is InChI=1S/C35H33F5N6O5/c1-18-16-44-13-10-23(18)46-24-9-8-19(36)14-22(24)41-33(46)50-20-15-25(30(47)48)45(17-20)29-28-27(21-6-2-3-7-26(21)51-28)42-31(43-29)34(37,38)11-4-5-12-35(39,40)32(44)49/h2-3,6-9,14,18,20,23,25H,4-5,10-13,15-17H2,1H3,(H,47,48)/t18-,20-,23-,25-/m0/s1. The molecule has 0 unspecified atom stereocenters. The number of fused-ring (bicyclic) bond motifs is 12. The first-order valence-electron chi connectivity index (χ1n) is 16.9. The fraction of sp³-hybridized carbons (Fsp3) is 0.457. The third-order valence-electron chi connectivity index (χ3n) is 10.3. The molecule has 2 saturated heterocycles. The Kier molecular flexibility index (Phi) is 7.83. The number of carboxylic acid groups (broad SMARTS) is 1. The number of carbonyl (C=O) groups excluding carboxylic acids is 1. The first-order chi connectivity index (χ1) is 24.3. The number of carboxylic acids is 1. The number of benzene rings is 2. The number of rotatable bonds is 1. The van der Waals surface area contributed by atoms with Crippen LogP contribution in [0, 0.1) is 11.7 Å². The molecule has 1 N–H and O–H groups in total. The van der Waals surface area contributed by atoms with Crippen LogP contribution in [0.2, 0.25) is 0 Å². The van der Waals surface area contributed by atoms with Gasteiger partial charge in [0.15, 0.2) is 11.4 Å². The Bertz CT molecular complexity index is 2190. The predicted octanol–water partition coefficient (Wildman–Crippen LogP) is 6.69. The topological polar surface area (TPSA) is 127 Å². The summed E-state index contributed by atoms with van der Waals surface area (Å²) in [5, 5.41) is 10.8. The molecule has 7 heterocycles. The van der Waals surface area contributed by atoms with E-state index in [2.05, 4.69) is 15.0 Å². The van der Waals surface area contributed by atoms with Crippen LogP contribution in [0.3, 0.4) is 0 Å². The van der Waals surface area contributed by atoms with Gasteiger partial charge >= 0.3 is 17.8 Å². The Balaban J connectivity index is 1.27. The second-order valence-corrected chi connectivity index (χ2v) is 13.7. The molecular weight excluding hydrogens is 679 g/mol. The van der Waals surface area contributed by atoms with Crippen molar-refractivity contribution in [3.8, 4) is 6.01 Å². The number of amides is 1. The number of para-hydroxylation sites is 1. The number of imidazole rings is 1. The van der Waals surface area contributed by atoms with Gasteiger partial charge in [0.2, 0.25) is 5.82 Å². The number of carbonyl (C=O) groups is 2. The van der Waals surface area contributed by atoms with Gasteiger partial charge < -0.3 is 24.1 Å². The van der Waals surface area contributed by atoms with E-state index in [0.717, 1.165) is 4.90 Å². The molecule has 0 radical (unpaired) electrons. The van der Waals surface area contributed by atoms with Crippen LogP contribution in [0.5, 0.6) is 6.01 Å². The van der Waals surface area contributed by atoms with Gasteiger partial charge in [0.1, 0.15) is 29.1 Å². The Morgan fingerprint density at radius 1 is 1.00 bits per heavy atom. The van der Waals surface area contributed by atoms with Crippen LogP contribution < -0.4 is 9.64 Å². The third-order valence-corrected chi connectivity index (χ3v) is 10.3.